The number of nitrogens with zero attached hydrogens (tertiary/aromatic N) is 1. The fourth-order valence-electron chi connectivity index (χ4n) is 2.84. The molecule has 32 heavy (non-hydrogen) atoms. The van der Waals surface area contributed by atoms with E-state index in [0.717, 1.165) is 4.90 Å². The summed E-state index contributed by atoms with van der Waals surface area (Å²) < 4.78 is 39.5. The van der Waals surface area contributed by atoms with E-state index in [9.17, 15) is 23.2 Å². The highest BCUT2D eigenvalue weighted by Crippen LogP contribution is 2.35. The highest BCUT2D eigenvalue weighted by molar-refractivity contribution is 8.18. The van der Waals surface area contributed by atoms with E-state index in [1.807, 2.05) is 0 Å². The van der Waals surface area contributed by atoms with Gasteiger partial charge in [-0.2, -0.15) is 8.78 Å². The minimum absolute atomic E-state index is 0.0365. The molecule has 2 aromatic rings. The Bertz CT molecular complexity index is 1080. The molecule has 3 rings (SSSR count). The normalized spacial score (nSPS) is 14.8. The maximum Gasteiger partial charge on any atom is 0.387 e. The molecule has 1 aliphatic heterocycles. The molecule has 1 fully saturated rings. The number of thioether (sulfide) groups is 1. The number of alkyl halides is 2. The van der Waals surface area contributed by atoms with Crippen molar-refractivity contribution in [2.45, 2.75) is 6.61 Å². The molecule has 2 aromatic carbocycles. The topological polar surface area (TPSA) is 94.2 Å². The van der Waals surface area contributed by atoms with Crippen molar-refractivity contribution in [1.29, 1.82) is 0 Å². The molecule has 8 nitrogen and oxygen atoms in total. The number of hydrogen-bond acceptors (Lipinski definition) is 7. The van der Waals surface area contributed by atoms with Crippen molar-refractivity contribution in [2.75, 3.05) is 26.1 Å². The minimum Gasteiger partial charge on any atom is -0.495 e. The van der Waals surface area contributed by atoms with Gasteiger partial charge in [0, 0.05) is 0 Å². The summed E-state index contributed by atoms with van der Waals surface area (Å²) in [6.45, 7) is -3.50. The Morgan fingerprint density at radius 1 is 1.09 bits per heavy atom. The molecule has 1 saturated heterocycles. The molecule has 0 atom stereocenters. The second-order valence-electron chi connectivity index (χ2n) is 6.31. The van der Waals surface area contributed by atoms with Gasteiger partial charge in [-0.1, -0.05) is 18.2 Å². The van der Waals surface area contributed by atoms with Gasteiger partial charge in [-0.05, 0) is 47.7 Å². The molecule has 0 radical (unpaired) electrons. The van der Waals surface area contributed by atoms with E-state index < -0.39 is 30.2 Å². The Kier molecular flexibility index (Phi) is 7.31. The predicted octanol–water partition coefficient (Wildman–Crippen LogP) is 3.98. The van der Waals surface area contributed by atoms with Gasteiger partial charge in [0.15, 0.2) is 11.5 Å². The molecule has 168 valence electrons. The highest BCUT2D eigenvalue weighted by atomic mass is 32.2. The quantitative estimate of drug-likeness (QED) is 0.591. The van der Waals surface area contributed by atoms with E-state index in [2.05, 4.69) is 10.1 Å². The first kappa shape index (κ1) is 23.1. The number of carbonyl (C=O) groups excluding carboxylic acids is 3. The van der Waals surface area contributed by atoms with Crippen molar-refractivity contribution < 1.29 is 37.4 Å². The maximum atomic E-state index is 12.7. The van der Waals surface area contributed by atoms with Gasteiger partial charge in [0.2, 0.25) is 5.91 Å². The number of anilines is 1. The van der Waals surface area contributed by atoms with E-state index >= 15 is 0 Å². The number of benzene rings is 2. The average Bonchev–Trinajstić information content (AvgIpc) is 3.02. The monoisotopic (exact) mass is 464 g/mol. The smallest absolute Gasteiger partial charge is 0.387 e. The summed E-state index contributed by atoms with van der Waals surface area (Å²) >= 11 is 0.663. The molecule has 3 amide bonds. The number of para-hydroxylation sites is 2. The Labute approximate surface area is 186 Å². The van der Waals surface area contributed by atoms with Crippen LogP contribution in [0.25, 0.3) is 6.08 Å². The Morgan fingerprint density at radius 2 is 1.81 bits per heavy atom. The zero-order valence-electron chi connectivity index (χ0n) is 17.0. The lowest BCUT2D eigenvalue weighted by atomic mass is 10.2. The SMILES string of the molecule is COc1ccccc1NC(=O)CN1C(=O)S/C(=C\c2ccc(OC(F)F)c(OC)c2)C1=O. The van der Waals surface area contributed by atoms with E-state index in [1.54, 1.807) is 24.3 Å². The van der Waals surface area contributed by atoms with Crippen molar-refractivity contribution in [3.63, 3.8) is 0 Å². The number of imide groups is 1. The lowest BCUT2D eigenvalue weighted by molar-refractivity contribution is -0.127. The predicted molar refractivity (Wildman–Crippen MR) is 114 cm³/mol. The second kappa shape index (κ2) is 10.1. The number of amides is 3. The summed E-state index contributed by atoms with van der Waals surface area (Å²) in [7, 11) is 2.74. The lowest BCUT2D eigenvalue weighted by Gasteiger charge is -2.14. The molecule has 1 N–H and O–H groups in total. The standard InChI is InChI=1S/C21H18F2N2O6S/c1-29-14-6-4-3-5-13(14)24-18(26)11-25-19(27)17(32-21(25)28)10-12-7-8-15(31-20(22)23)16(9-12)30-2/h3-10,20H,11H2,1-2H3,(H,24,26)/b17-10-. The van der Waals surface area contributed by atoms with Crippen LogP contribution in [0.3, 0.4) is 0 Å². The summed E-state index contributed by atoms with van der Waals surface area (Å²) in [4.78, 5) is 38.2. The Morgan fingerprint density at radius 3 is 2.50 bits per heavy atom. The van der Waals surface area contributed by atoms with Gasteiger partial charge < -0.3 is 19.5 Å². The van der Waals surface area contributed by atoms with Crippen LogP contribution in [0.2, 0.25) is 0 Å². The number of carbonyl (C=O) groups is 3. The van der Waals surface area contributed by atoms with Crippen LogP contribution in [0.15, 0.2) is 47.4 Å². The van der Waals surface area contributed by atoms with Crippen LogP contribution in [0, 0.1) is 0 Å². The zero-order valence-corrected chi connectivity index (χ0v) is 17.8. The van der Waals surface area contributed by atoms with Crippen molar-refractivity contribution in [3.05, 3.63) is 52.9 Å². The highest BCUT2D eigenvalue weighted by Gasteiger charge is 2.36. The fourth-order valence-corrected chi connectivity index (χ4v) is 3.67. The van der Waals surface area contributed by atoms with Crippen LogP contribution in [0.1, 0.15) is 5.56 Å². The number of methoxy groups -OCH3 is 2. The molecule has 0 saturated carbocycles. The van der Waals surface area contributed by atoms with Crippen molar-refractivity contribution >= 4 is 40.6 Å². The van der Waals surface area contributed by atoms with Crippen molar-refractivity contribution in [1.82, 2.24) is 4.90 Å². The van der Waals surface area contributed by atoms with Crippen LogP contribution in [0.4, 0.5) is 19.3 Å². The third-order valence-electron chi connectivity index (χ3n) is 4.26. The molecule has 1 aliphatic rings. The molecule has 0 aliphatic carbocycles. The first-order chi connectivity index (χ1) is 15.3. The van der Waals surface area contributed by atoms with Crippen LogP contribution in [-0.2, 0) is 9.59 Å². The Hall–Kier alpha value is -3.60. The summed E-state index contributed by atoms with van der Waals surface area (Å²) in [6.07, 6.45) is 1.40. The van der Waals surface area contributed by atoms with E-state index in [1.165, 1.54) is 38.5 Å². The Balaban J connectivity index is 1.73. The molecule has 0 spiro atoms. The fraction of sp³-hybridized carbons (Fsp3) is 0.190. The van der Waals surface area contributed by atoms with Gasteiger partial charge in [0.1, 0.15) is 12.3 Å². The number of ether oxygens (including phenoxy) is 3. The largest absolute Gasteiger partial charge is 0.495 e. The van der Waals surface area contributed by atoms with E-state index in [-0.39, 0.29) is 16.4 Å². The van der Waals surface area contributed by atoms with Crippen LogP contribution >= 0.6 is 11.8 Å². The number of hydrogen-bond donors (Lipinski definition) is 1. The number of halogens is 2. The first-order valence-electron chi connectivity index (χ1n) is 9.13. The number of rotatable bonds is 8. The molecule has 1 heterocycles. The van der Waals surface area contributed by atoms with Crippen LogP contribution in [-0.4, -0.2) is 49.3 Å². The van der Waals surface area contributed by atoms with Crippen LogP contribution < -0.4 is 19.5 Å². The second-order valence-corrected chi connectivity index (χ2v) is 7.30. The maximum absolute atomic E-state index is 12.7. The van der Waals surface area contributed by atoms with E-state index in [0.29, 0.717) is 28.8 Å². The minimum atomic E-state index is -3.02. The first-order valence-corrected chi connectivity index (χ1v) is 9.95. The molecule has 0 unspecified atom stereocenters. The van der Waals surface area contributed by atoms with Gasteiger partial charge in [0.05, 0.1) is 24.8 Å². The summed E-state index contributed by atoms with van der Waals surface area (Å²) in [5.41, 5.74) is 0.827. The van der Waals surface area contributed by atoms with Gasteiger partial charge in [-0.25, -0.2) is 0 Å². The lowest BCUT2D eigenvalue weighted by Crippen LogP contribution is -2.36. The van der Waals surface area contributed by atoms with Crippen molar-refractivity contribution in [2.24, 2.45) is 0 Å². The third kappa shape index (κ3) is 5.35. The van der Waals surface area contributed by atoms with E-state index in [4.69, 9.17) is 9.47 Å². The summed E-state index contributed by atoms with van der Waals surface area (Å²) in [6, 6.07) is 10.8. The van der Waals surface area contributed by atoms with Gasteiger partial charge in [-0.15, -0.1) is 0 Å². The zero-order chi connectivity index (χ0) is 23.3. The van der Waals surface area contributed by atoms with Gasteiger partial charge >= 0.3 is 6.61 Å². The molecule has 0 bridgehead atoms. The molecule has 0 aromatic heterocycles. The summed E-state index contributed by atoms with van der Waals surface area (Å²) in [5, 5.41) is 1.99. The van der Waals surface area contributed by atoms with Crippen LogP contribution in [0.5, 0.6) is 17.2 Å². The third-order valence-corrected chi connectivity index (χ3v) is 5.17. The molecule has 11 heteroatoms. The van der Waals surface area contributed by atoms with Gasteiger partial charge in [-0.3, -0.25) is 19.3 Å². The number of nitrogens with one attached hydrogen (secondary N) is 1. The molecular formula is C21H18F2N2O6S. The molecular weight excluding hydrogens is 446 g/mol. The van der Waals surface area contributed by atoms with Crippen molar-refractivity contribution in [3.8, 4) is 17.2 Å². The van der Waals surface area contributed by atoms with Gasteiger partial charge in [0.25, 0.3) is 11.1 Å². The average molecular weight is 464 g/mol. The summed E-state index contributed by atoms with van der Waals surface area (Å²) in [5.74, 6) is -0.923.